The van der Waals surface area contributed by atoms with Gasteiger partial charge in [-0.25, -0.2) is 0 Å². The Labute approximate surface area is 221 Å². The van der Waals surface area contributed by atoms with Gasteiger partial charge in [0.2, 0.25) is 0 Å². The van der Waals surface area contributed by atoms with Crippen LogP contribution in [0.3, 0.4) is 0 Å². The van der Waals surface area contributed by atoms with Gasteiger partial charge in [0, 0.05) is 30.1 Å². The lowest BCUT2D eigenvalue weighted by molar-refractivity contribution is -0.129. The topological polar surface area (TPSA) is 53.0 Å². The van der Waals surface area contributed by atoms with Crippen LogP contribution in [0.5, 0.6) is 5.75 Å². The Balaban J connectivity index is 1.53. The monoisotopic (exact) mass is 500 g/mol. The molecule has 3 aromatic carbocycles. The van der Waals surface area contributed by atoms with Gasteiger partial charge >= 0.3 is 0 Å². The van der Waals surface area contributed by atoms with Gasteiger partial charge in [0.05, 0.1) is 12.7 Å². The van der Waals surface area contributed by atoms with Gasteiger partial charge in [-0.1, -0.05) is 56.3 Å². The maximum atomic E-state index is 14.1. The predicted molar refractivity (Wildman–Crippen MR) is 149 cm³/mol. The Hall–Kier alpha value is -2.89. The van der Waals surface area contributed by atoms with Crippen molar-refractivity contribution in [2.45, 2.75) is 56.6 Å². The molecule has 37 heavy (non-hydrogen) atoms. The number of benzene rings is 3. The molecular weight excluding hydrogens is 460 g/mol. The minimum atomic E-state index is -0.849. The van der Waals surface area contributed by atoms with Crippen molar-refractivity contribution in [3.8, 4) is 5.75 Å². The van der Waals surface area contributed by atoms with E-state index < -0.39 is 11.0 Å². The zero-order valence-corrected chi connectivity index (χ0v) is 22.6. The third kappa shape index (κ3) is 4.75. The highest BCUT2D eigenvalue weighted by Gasteiger charge is 2.58. The van der Waals surface area contributed by atoms with Crippen LogP contribution < -0.4 is 4.74 Å². The Kier molecular flexibility index (Phi) is 7.03. The SMILES string of the molecule is COc1cccc([C@@]23CCN(C)C[C@@]2(O)CC[C@H](N(CC(C)C)C(=O)c2ccc4ccccc4c2)C3)c1. The Morgan fingerprint density at radius 3 is 2.62 bits per heavy atom. The number of hydrogen-bond acceptors (Lipinski definition) is 4. The number of carbonyl (C=O) groups is 1. The van der Waals surface area contributed by atoms with Gasteiger partial charge in [-0.3, -0.25) is 4.79 Å². The lowest BCUT2D eigenvalue weighted by Crippen LogP contribution is -2.67. The number of rotatable bonds is 6. The lowest BCUT2D eigenvalue weighted by Gasteiger charge is -2.59. The molecule has 1 saturated carbocycles. The summed E-state index contributed by atoms with van der Waals surface area (Å²) in [5, 5.41) is 14.4. The highest BCUT2D eigenvalue weighted by atomic mass is 16.5. The highest BCUT2D eigenvalue weighted by molar-refractivity contribution is 5.98. The molecule has 1 aliphatic heterocycles. The molecule has 2 aliphatic rings. The van der Waals surface area contributed by atoms with E-state index in [-0.39, 0.29) is 11.9 Å². The zero-order chi connectivity index (χ0) is 26.2. The molecule has 1 amide bonds. The van der Waals surface area contributed by atoms with Gasteiger partial charge in [-0.15, -0.1) is 0 Å². The normalized spacial score (nSPS) is 26.2. The van der Waals surface area contributed by atoms with Crippen LogP contribution in [0.4, 0.5) is 0 Å². The van der Waals surface area contributed by atoms with E-state index in [4.69, 9.17) is 4.74 Å². The molecule has 1 N–H and O–H groups in total. The van der Waals surface area contributed by atoms with Crippen molar-refractivity contribution in [1.29, 1.82) is 0 Å². The molecule has 0 unspecified atom stereocenters. The molecule has 196 valence electrons. The van der Waals surface area contributed by atoms with E-state index in [0.717, 1.165) is 53.5 Å². The van der Waals surface area contributed by atoms with Crippen LogP contribution in [0, 0.1) is 5.92 Å². The molecule has 5 rings (SSSR count). The Morgan fingerprint density at radius 2 is 1.86 bits per heavy atom. The number of likely N-dealkylation sites (N-methyl/N-ethyl adjacent to an activating group) is 1. The summed E-state index contributed by atoms with van der Waals surface area (Å²) in [5.41, 5.74) is 0.572. The fourth-order valence-corrected chi connectivity index (χ4v) is 6.81. The number of fused-ring (bicyclic) bond motifs is 2. The maximum Gasteiger partial charge on any atom is 0.254 e. The highest BCUT2D eigenvalue weighted by Crippen LogP contribution is 2.53. The van der Waals surface area contributed by atoms with Crippen molar-refractivity contribution in [3.63, 3.8) is 0 Å². The third-order valence-electron chi connectivity index (χ3n) is 8.70. The predicted octanol–water partition coefficient (Wildman–Crippen LogP) is 5.50. The van der Waals surface area contributed by atoms with E-state index in [1.807, 2.05) is 42.5 Å². The number of hydrogen-bond donors (Lipinski definition) is 1. The average molecular weight is 501 g/mol. The van der Waals surface area contributed by atoms with Crippen LogP contribution in [0.1, 0.15) is 55.5 Å². The van der Waals surface area contributed by atoms with E-state index in [0.29, 0.717) is 25.4 Å². The quantitative estimate of drug-likeness (QED) is 0.485. The second kappa shape index (κ2) is 10.1. The van der Waals surface area contributed by atoms with Crippen molar-refractivity contribution < 1.29 is 14.6 Å². The summed E-state index contributed by atoms with van der Waals surface area (Å²) in [4.78, 5) is 18.4. The molecule has 2 fully saturated rings. The third-order valence-corrected chi connectivity index (χ3v) is 8.70. The van der Waals surface area contributed by atoms with Crippen molar-refractivity contribution >= 4 is 16.7 Å². The van der Waals surface area contributed by atoms with Gasteiger partial charge < -0.3 is 19.6 Å². The van der Waals surface area contributed by atoms with Gasteiger partial charge in [0.25, 0.3) is 5.91 Å². The molecule has 0 radical (unpaired) electrons. The number of ether oxygens (including phenoxy) is 1. The van der Waals surface area contributed by atoms with E-state index in [1.54, 1.807) is 7.11 Å². The van der Waals surface area contributed by atoms with E-state index in [9.17, 15) is 9.90 Å². The van der Waals surface area contributed by atoms with Gasteiger partial charge in [0.1, 0.15) is 5.75 Å². The summed E-state index contributed by atoms with van der Waals surface area (Å²) in [6.45, 7) is 6.60. The first-order chi connectivity index (χ1) is 17.7. The first kappa shape index (κ1) is 25.7. The summed E-state index contributed by atoms with van der Waals surface area (Å²) < 4.78 is 5.58. The molecule has 5 heteroatoms. The second-order valence-corrected chi connectivity index (χ2v) is 11.6. The average Bonchev–Trinajstić information content (AvgIpc) is 2.90. The summed E-state index contributed by atoms with van der Waals surface area (Å²) in [7, 11) is 3.78. The van der Waals surface area contributed by atoms with Gasteiger partial charge in [-0.05, 0) is 85.8 Å². The first-order valence-electron chi connectivity index (χ1n) is 13.6. The minimum absolute atomic E-state index is 0.0521. The Bertz CT molecular complexity index is 1270. The molecule has 0 aromatic heterocycles. The van der Waals surface area contributed by atoms with Crippen LogP contribution in [0.2, 0.25) is 0 Å². The lowest BCUT2D eigenvalue weighted by atomic mass is 9.55. The summed E-state index contributed by atoms with van der Waals surface area (Å²) in [6.07, 6.45) is 3.06. The smallest absolute Gasteiger partial charge is 0.254 e. The molecular formula is C32H40N2O3. The number of methoxy groups -OCH3 is 1. The van der Waals surface area contributed by atoms with E-state index >= 15 is 0 Å². The van der Waals surface area contributed by atoms with E-state index in [2.05, 4.69) is 55.0 Å². The largest absolute Gasteiger partial charge is 0.497 e. The zero-order valence-electron chi connectivity index (χ0n) is 22.6. The van der Waals surface area contributed by atoms with Crippen molar-refractivity contribution in [2.24, 2.45) is 5.92 Å². The van der Waals surface area contributed by atoms with Crippen molar-refractivity contribution in [3.05, 3.63) is 77.9 Å². The van der Waals surface area contributed by atoms with E-state index in [1.165, 1.54) is 0 Å². The van der Waals surface area contributed by atoms with Crippen LogP contribution in [0.15, 0.2) is 66.7 Å². The Morgan fingerprint density at radius 1 is 1.08 bits per heavy atom. The summed E-state index contributed by atoms with van der Waals surface area (Å²) >= 11 is 0. The molecule has 5 nitrogen and oxygen atoms in total. The molecule has 1 aliphatic carbocycles. The van der Waals surface area contributed by atoms with Crippen molar-refractivity contribution in [1.82, 2.24) is 9.80 Å². The summed E-state index contributed by atoms with van der Waals surface area (Å²) in [5.74, 6) is 1.24. The molecule has 0 bridgehead atoms. The maximum absolute atomic E-state index is 14.1. The van der Waals surface area contributed by atoms with Crippen LogP contribution >= 0.6 is 0 Å². The van der Waals surface area contributed by atoms with Crippen molar-refractivity contribution in [2.75, 3.05) is 33.8 Å². The number of amides is 1. The number of aliphatic hydroxyl groups is 1. The van der Waals surface area contributed by atoms with Gasteiger partial charge in [-0.2, -0.15) is 0 Å². The van der Waals surface area contributed by atoms with Crippen LogP contribution in [-0.4, -0.2) is 66.2 Å². The molecule has 1 heterocycles. The minimum Gasteiger partial charge on any atom is -0.497 e. The first-order valence-corrected chi connectivity index (χ1v) is 13.6. The van der Waals surface area contributed by atoms with Crippen LogP contribution in [0.25, 0.3) is 10.8 Å². The molecule has 1 saturated heterocycles. The number of nitrogens with zero attached hydrogens (tertiary/aromatic N) is 2. The number of piperidine rings is 1. The van der Waals surface area contributed by atoms with Gasteiger partial charge in [0.15, 0.2) is 0 Å². The summed E-state index contributed by atoms with van der Waals surface area (Å²) in [6, 6.07) is 22.5. The number of likely N-dealkylation sites (tertiary alicyclic amines) is 1. The fourth-order valence-electron chi connectivity index (χ4n) is 6.81. The second-order valence-electron chi connectivity index (χ2n) is 11.6. The standard InChI is InChI=1S/C32H40N2O3/c1-23(2)21-34(30(35)26-13-12-24-8-5-6-9-25(24)18-26)28-14-15-32(36)22-33(3)17-16-31(32,20-28)27-10-7-11-29(19-27)37-4/h5-13,18-19,23,28,36H,14-17,20-22H2,1-4H3/t28-,31-,32-/m0/s1. The number of carbonyl (C=O) groups excluding carboxylic acids is 1. The number of β-amino-alcohol motifs (C(OH)–C–C–N with tert-alkyl or cyclic N) is 1. The van der Waals surface area contributed by atoms with Crippen LogP contribution in [-0.2, 0) is 5.41 Å². The molecule has 3 atom stereocenters. The fraction of sp³-hybridized carbons (Fsp3) is 0.469. The molecule has 3 aromatic rings. The molecule has 0 spiro atoms.